The molecule has 1 atom stereocenters. The molecule has 0 unspecified atom stereocenters. The van der Waals surface area contributed by atoms with Gasteiger partial charge in [-0.3, -0.25) is 0 Å². The summed E-state index contributed by atoms with van der Waals surface area (Å²) in [5.41, 5.74) is 1.29. The van der Waals surface area contributed by atoms with Crippen LogP contribution < -0.4 is 9.47 Å². The van der Waals surface area contributed by atoms with Crippen LogP contribution in [0.4, 0.5) is 0 Å². The Labute approximate surface area is 184 Å². The molecule has 0 saturated heterocycles. The largest absolute Gasteiger partial charge is 0.516 e. The lowest BCUT2D eigenvalue weighted by Gasteiger charge is -2.38. The van der Waals surface area contributed by atoms with Crippen LogP contribution in [0.1, 0.15) is 57.5 Å². The van der Waals surface area contributed by atoms with E-state index in [-0.39, 0.29) is 22.1 Å². The molecule has 0 amide bonds. The molecule has 0 aliphatic carbocycles. The summed E-state index contributed by atoms with van der Waals surface area (Å²) in [6.45, 7) is 24.4. The summed E-state index contributed by atoms with van der Waals surface area (Å²) < 4.78 is 24.5. The Balaban J connectivity index is 2.18. The highest BCUT2D eigenvalue weighted by Crippen LogP contribution is 2.41. The summed E-state index contributed by atoms with van der Waals surface area (Å²) in [5, 5.41) is 0.0909. The molecular formula is C23H40O5Si2. The standard InChI is InChI=1S/C23H40O5Si2/c1-16-18(21(24)28-30(10,11)23(5,6)7)12-13-19-20(16)27-17(14-25-19)15-26-29(8,9)22(2,3)4/h12-13,17H,14-15H2,1-11H3/t17-/m1/s1. The summed E-state index contributed by atoms with van der Waals surface area (Å²) in [6.07, 6.45) is -0.197. The minimum absolute atomic E-state index is 0.0451. The lowest BCUT2D eigenvalue weighted by atomic mass is 10.1. The first kappa shape index (κ1) is 24.9. The Morgan fingerprint density at radius 3 is 2.13 bits per heavy atom. The van der Waals surface area contributed by atoms with Crippen molar-refractivity contribution in [3.8, 4) is 11.5 Å². The Hall–Kier alpha value is -1.32. The van der Waals surface area contributed by atoms with Crippen LogP contribution >= 0.6 is 0 Å². The first-order valence-electron chi connectivity index (χ1n) is 10.8. The van der Waals surface area contributed by atoms with Crippen LogP contribution in [0.25, 0.3) is 0 Å². The highest BCUT2D eigenvalue weighted by atomic mass is 28.4. The number of fused-ring (bicyclic) bond motifs is 1. The molecule has 1 heterocycles. The van der Waals surface area contributed by atoms with E-state index in [1.807, 2.05) is 6.92 Å². The molecule has 30 heavy (non-hydrogen) atoms. The van der Waals surface area contributed by atoms with Gasteiger partial charge in [-0.15, -0.1) is 0 Å². The summed E-state index contributed by atoms with van der Waals surface area (Å²) in [4.78, 5) is 13.0. The Morgan fingerprint density at radius 2 is 1.60 bits per heavy atom. The van der Waals surface area contributed by atoms with Gasteiger partial charge in [0.1, 0.15) is 6.61 Å². The van der Waals surface area contributed by atoms with Crippen molar-refractivity contribution in [2.24, 2.45) is 0 Å². The molecule has 0 spiro atoms. The first-order chi connectivity index (χ1) is 13.5. The fraction of sp³-hybridized carbons (Fsp3) is 0.696. The number of ether oxygens (including phenoxy) is 2. The monoisotopic (exact) mass is 452 g/mol. The molecule has 1 aromatic rings. The molecule has 0 radical (unpaired) electrons. The molecule has 7 heteroatoms. The third-order valence-electron chi connectivity index (χ3n) is 6.89. The predicted octanol–water partition coefficient (Wildman–Crippen LogP) is 6.32. The zero-order valence-corrected chi connectivity index (χ0v) is 22.7. The average Bonchev–Trinajstić information content (AvgIpc) is 2.58. The topological polar surface area (TPSA) is 54.0 Å². The van der Waals surface area contributed by atoms with E-state index in [1.54, 1.807) is 12.1 Å². The number of hydrogen-bond donors (Lipinski definition) is 0. The van der Waals surface area contributed by atoms with Crippen LogP contribution in [-0.2, 0) is 8.85 Å². The van der Waals surface area contributed by atoms with E-state index < -0.39 is 16.6 Å². The average molecular weight is 453 g/mol. The Kier molecular flexibility index (Phi) is 6.92. The SMILES string of the molecule is Cc1c(C(=O)O[Si](C)(C)C(C)(C)C)ccc2c1O[C@@H](CO[Si](C)(C)C(C)(C)C)CO2. The van der Waals surface area contributed by atoms with E-state index in [1.165, 1.54) is 0 Å². The van der Waals surface area contributed by atoms with Crippen LogP contribution in [-0.4, -0.2) is 41.9 Å². The Morgan fingerprint density at radius 1 is 1.03 bits per heavy atom. The van der Waals surface area contributed by atoms with E-state index in [0.717, 1.165) is 5.56 Å². The zero-order chi connectivity index (χ0) is 23.1. The number of carbonyl (C=O) groups excluding carboxylic acids is 1. The van der Waals surface area contributed by atoms with Gasteiger partial charge in [-0.1, -0.05) is 41.5 Å². The van der Waals surface area contributed by atoms with Crippen LogP contribution in [0.2, 0.25) is 36.3 Å². The molecule has 1 aliphatic heterocycles. The maximum absolute atomic E-state index is 13.0. The van der Waals surface area contributed by atoms with Crippen molar-refractivity contribution in [3.05, 3.63) is 23.3 Å². The quantitative estimate of drug-likeness (QED) is 0.489. The minimum Gasteiger partial charge on any atom is -0.516 e. The van der Waals surface area contributed by atoms with Crippen molar-refractivity contribution in [1.82, 2.24) is 0 Å². The molecule has 0 fully saturated rings. The molecule has 0 bridgehead atoms. The van der Waals surface area contributed by atoms with Gasteiger partial charge in [-0.25, -0.2) is 4.79 Å². The lowest BCUT2D eigenvalue weighted by Crippen LogP contribution is -2.45. The van der Waals surface area contributed by atoms with Crippen LogP contribution in [0.15, 0.2) is 12.1 Å². The second-order valence-corrected chi connectivity index (χ2v) is 20.9. The van der Waals surface area contributed by atoms with Gasteiger partial charge in [0.05, 0.1) is 12.2 Å². The molecule has 2 rings (SSSR count). The fourth-order valence-corrected chi connectivity index (χ4v) is 4.49. The maximum Gasteiger partial charge on any atom is 0.325 e. The lowest BCUT2D eigenvalue weighted by molar-refractivity contribution is 0.0481. The molecule has 0 aromatic heterocycles. The van der Waals surface area contributed by atoms with Crippen LogP contribution in [0, 0.1) is 6.92 Å². The summed E-state index contributed by atoms with van der Waals surface area (Å²) in [7, 11) is -4.08. The fourth-order valence-electron chi connectivity index (χ4n) is 2.57. The number of carbonyl (C=O) groups is 1. The predicted molar refractivity (Wildman–Crippen MR) is 127 cm³/mol. The van der Waals surface area contributed by atoms with Crippen molar-refractivity contribution in [3.63, 3.8) is 0 Å². The van der Waals surface area contributed by atoms with E-state index in [2.05, 4.69) is 67.7 Å². The Bertz CT molecular complexity index is 788. The van der Waals surface area contributed by atoms with Gasteiger partial charge in [0.2, 0.25) is 0 Å². The number of hydrogen-bond acceptors (Lipinski definition) is 5. The molecular weight excluding hydrogens is 412 g/mol. The van der Waals surface area contributed by atoms with E-state index >= 15 is 0 Å². The smallest absolute Gasteiger partial charge is 0.325 e. The van der Waals surface area contributed by atoms with Gasteiger partial charge in [0, 0.05) is 5.56 Å². The number of rotatable bonds is 5. The summed E-state index contributed by atoms with van der Waals surface area (Å²) >= 11 is 0. The van der Waals surface area contributed by atoms with Crippen molar-refractivity contribution in [1.29, 1.82) is 0 Å². The molecule has 0 saturated carbocycles. The van der Waals surface area contributed by atoms with Crippen LogP contribution in [0.5, 0.6) is 11.5 Å². The number of benzene rings is 1. The first-order valence-corrected chi connectivity index (χ1v) is 16.6. The third-order valence-corrected chi connectivity index (χ3v) is 15.7. The maximum atomic E-state index is 13.0. The van der Waals surface area contributed by atoms with Gasteiger partial charge >= 0.3 is 5.97 Å². The van der Waals surface area contributed by atoms with E-state index in [9.17, 15) is 4.79 Å². The van der Waals surface area contributed by atoms with Gasteiger partial charge in [-0.05, 0) is 55.3 Å². The molecule has 170 valence electrons. The molecule has 5 nitrogen and oxygen atoms in total. The van der Waals surface area contributed by atoms with Gasteiger partial charge in [0.15, 0.2) is 25.9 Å². The molecule has 1 aromatic carbocycles. The summed E-state index contributed by atoms with van der Waals surface area (Å²) in [6, 6.07) is 3.58. The van der Waals surface area contributed by atoms with Gasteiger partial charge in [-0.2, -0.15) is 0 Å². The zero-order valence-electron chi connectivity index (χ0n) is 20.7. The van der Waals surface area contributed by atoms with Crippen molar-refractivity contribution >= 4 is 22.6 Å². The minimum atomic E-state index is -2.21. The highest BCUT2D eigenvalue weighted by molar-refractivity contribution is 6.75. The van der Waals surface area contributed by atoms with Crippen molar-refractivity contribution < 1.29 is 23.1 Å². The van der Waals surface area contributed by atoms with Gasteiger partial charge in [0.25, 0.3) is 8.32 Å². The summed E-state index contributed by atoms with van der Waals surface area (Å²) in [5.74, 6) is 1.000. The molecule has 1 aliphatic rings. The normalized spacial score (nSPS) is 17.6. The van der Waals surface area contributed by atoms with Crippen LogP contribution in [0.3, 0.4) is 0 Å². The van der Waals surface area contributed by atoms with Gasteiger partial charge < -0.3 is 18.3 Å². The van der Waals surface area contributed by atoms with E-state index in [0.29, 0.717) is 30.3 Å². The second kappa shape index (κ2) is 8.32. The third kappa shape index (κ3) is 5.29. The highest BCUT2D eigenvalue weighted by Gasteiger charge is 2.41. The molecule has 0 N–H and O–H groups in total. The van der Waals surface area contributed by atoms with Crippen molar-refractivity contribution in [2.75, 3.05) is 13.2 Å². The van der Waals surface area contributed by atoms with Crippen molar-refractivity contribution in [2.45, 2.75) is 90.8 Å². The second-order valence-electron chi connectivity index (χ2n) is 11.3. The van der Waals surface area contributed by atoms with E-state index in [4.69, 9.17) is 18.3 Å².